The number of nitrogens with two attached hydrogens (primary N) is 1. The number of rotatable bonds is 2. The van der Waals surface area contributed by atoms with Crippen LogP contribution in [0.3, 0.4) is 0 Å². The fourth-order valence-corrected chi connectivity index (χ4v) is 2.56. The molecule has 2 aliphatic heterocycles. The third-order valence-electron chi connectivity index (χ3n) is 3.38. The maximum Gasteiger partial charge on any atom is 0.156 e. The topological polar surface area (TPSA) is 71.1 Å². The van der Waals surface area contributed by atoms with Gasteiger partial charge >= 0.3 is 0 Å². The van der Waals surface area contributed by atoms with Crippen molar-refractivity contribution in [3.8, 4) is 0 Å². The summed E-state index contributed by atoms with van der Waals surface area (Å²) in [4.78, 5) is 2.34. The van der Waals surface area contributed by atoms with Crippen LogP contribution in [0.5, 0.6) is 0 Å². The van der Waals surface area contributed by atoms with Crippen molar-refractivity contribution in [2.45, 2.75) is 37.8 Å². The third kappa shape index (κ3) is 2.23. The van der Waals surface area contributed by atoms with E-state index >= 15 is 0 Å². The molecule has 5 nitrogen and oxygen atoms in total. The van der Waals surface area contributed by atoms with Crippen LogP contribution in [0.15, 0.2) is 5.16 Å². The van der Waals surface area contributed by atoms with Crippen molar-refractivity contribution < 1.29 is 9.94 Å². The first-order valence-corrected chi connectivity index (χ1v) is 5.64. The lowest BCUT2D eigenvalue weighted by atomic mass is 9.98. The summed E-state index contributed by atoms with van der Waals surface area (Å²) < 4.78 is 5.39. The zero-order valence-electron chi connectivity index (χ0n) is 8.93. The van der Waals surface area contributed by atoms with E-state index in [0.29, 0.717) is 11.9 Å². The van der Waals surface area contributed by atoms with E-state index in [0.717, 1.165) is 39.0 Å². The molecule has 0 aromatic heterocycles. The number of oxime groups is 1. The lowest BCUT2D eigenvalue weighted by molar-refractivity contribution is 0.106. The number of likely N-dealkylation sites (tertiary alicyclic amines) is 1. The number of hydrogen-bond donors (Lipinski definition) is 2. The van der Waals surface area contributed by atoms with Crippen molar-refractivity contribution in [2.24, 2.45) is 10.9 Å². The Morgan fingerprint density at radius 3 is 2.93 bits per heavy atom. The molecule has 0 bridgehead atoms. The minimum absolute atomic E-state index is 0.107. The van der Waals surface area contributed by atoms with Crippen LogP contribution in [0.2, 0.25) is 0 Å². The molecule has 5 heteroatoms. The highest BCUT2D eigenvalue weighted by molar-refractivity contribution is 5.85. The molecular formula is C10H19N3O2. The van der Waals surface area contributed by atoms with E-state index in [-0.39, 0.29) is 6.04 Å². The van der Waals surface area contributed by atoms with Crippen molar-refractivity contribution in [1.29, 1.82) is 0 Å². The summed E-state index contributed by atoms with van der Waals surface area (Å²) in [5.74, 6) is 0.349. The van der Waals surface area contributed by atoms with Gasteiger partial charge in [0.2, 0.25) is 0 Å². The van der Waals surface area contributed by atoms with E-state index in [4.69, 9.17) is 15.7 Å². The van der Waals surface area contributed by atoms with Crippen LogP contribution in [-0.4, -0.2) is 47.8 Å². The van der Waals surface area contributed by atoms with E-state index in [9.17, 15) is 0 Å². The van der Waals surface area contributed by atoms with Gasteiger partial charge in [-0.15, -0.1) is 0 Å². The summed E-state index contributed by atoms with van der Waals surface area (Å²) in [5, 5.41) is 11.9. The van der Waals surface area contributed by atoms with Crippen LogP contribution in [0.4, 0.5) is 0 Å². The number of piperidine rings is 1. The molecule has 2 unspecified atom stereocenters. The minimum atomic E-state index is 0.107. The molecule has 0 radical (unpaired) electrons. The molecule has 2 aliphatic rings. The fraction of sp³-hybridized carbons (Fsp3) is 0.900. The Labute approximate surface area is 89.9 Å². The highest BCUT2D eigenvalue weighted by atomic mass is 16.5. The summed E-state index contributed by atoms with van der Waals surface area (Å²) in [6, 6.07) is 0.561. The van der Waals surface area contributed by atoms with Gasteiger partial charge in [0.15, 0.2) is 5.84 Å². The molecular weight excluding hydrogens is 194 g/mol. The van der Waals surface area contributed by atoms with E-state index in [1.807, 2.05) is 0 Å². The largest absolute Gasteiger partial charge is 0.409 e. The summed E-state index contributed by atoms with van der Waals surface area (Å²) in [7, 11) is 0. The van der Waals surface area contributed by atoms with Crippen LogP contribution in [-0.2, 0) is 4.74 Å². The average Bonchev–Trinajstić information content (AvgIpc) is 2.81. The average molecular weight is 213 g/mol. The molecule has 15 heavy (non-hydrogen) atoms. The minimum Gasteiger partial charge on any atom is -0.409 e. The monoisotopic (exact) mass is 213 g/mol. The van der Waals surface area contributed by atoms with Crippen molar-refractivity contribution in [3.63, 3.8) is 0 Å². The van der Waals surface area contributed by atoms with Crippen molar-refractivity contribution in [1.82, 2.24) is 4.90 Å². The molecule has 2 fully saturated rings. The lowest BCUT2D eigenvalue weighted by Gasteiger charge is -2.38. The Hall–Kier alpha value is -0.810. The molecule has 2 rings (SSSR count). The van der Waals surface area contributed by atoms with Crippen LogP contribution in [0.25, 0.3) is 0 Å². The van der Waals surface area contributed by atoms with Gasteiger partial charge in [0.05, 0.1) is 12.6 Å². The summed E-state index contributed by atoms with van der Waals surface area (Å²) in [6.07, 6.45) is 4.41. The molecule has 2 saturated heterocycles. The number of hydrogen-bond acceptors (Lipinski definition) is 4. The molecule has 3 N–H and O–H groups in total. The van der Waals surface area contributed by atoms with Gasteiger partial charge in [0, 0.05) is 12.6 Å². The second-order valence-electron chi connectivity index (χ2n) is 4.29. The van der Waals surface area contributed by atoms with Gasteiger partial charge in [0.1, 0.15) is 0 Å². The van der Waals surface area contributed by atoms with Gasteiger partial charge in [-0.25, -0.2) is 0 Å². The number of amidine groups is 1. The number of ether oxygens (including phenoxy) is 1. The predicted molar refractivity (Wildman–Crippen MR) is 57.0 cm³/mol. The zero-order valence-corrected chi connectivity index (χ0v) is 8.93. The molecule has 2 heterocycles. The SMILES string of the molecule is NC(=NO)C1CCCCN1C1CCOC1. The van der Waals surface area contributed by atoms with Crippen molar-refractivity contribution >= 4 is 5.84 Å². The molecule has 0 aliphatic carbocycles. The summed E-state index contributed by atoms with van der Waals surface area (Å²) in [6.45, 7) is 2.66. The van der Waals surface area contributed by atoms with Gasteiger partial charge in [-0.1, -0.05) is 11.6 Å². The predicted octanol–water partition coefficient (Wildman–Crippen LogP) is 0.376. The van der Waals surface area contributed by atoms with E-state index in [1.165, 1.54) is 6.42 Å². The van der Waals surface area contributed by atoms with Gasteiger partial charge < -0.3 is 15.7 Å². The van der Waals surface area contributed by atoms with Crippen LogP contribution < -0.4 is 5.73 Å². The van der Waals surface area contributed by atoms with Crippen molar-refractivity contribution in [2.75, 3.05) is 19.8 Å². The maximum atomic E-state index is 8.75. The smallest absolute Gasteiger partial charge is 0.156 e. The first-order chi connectivity index (χ1) is 7.33. The Kier molecular flexibility index (Phi) is 3.43. The maximum absolute atomic E-state index is 8.75. The van der Waals surface area contributed by atoms with Gasteiger partial charge in [-0.05, 0) is 25.8 Å². The third-order valence-corrected chi connectivity index (χ3v) is 3.38. The van der Waals surface area contributed by atoms with Crippen LogP contribution in [0.1, 0.15) is 25.7 Å². The lowest BCUT2D eigenvalue weighted by Crippen LogP contribution is -2.52. The van der Waals surface area contributed by atoms with Gasteiger partial charge in [-0.3, -0.25) is 4.90 Å². The molecule has 86 valence electrons. The van der Waals surface area contributed by atoms with Gasteiger partial charge in [-0.2, -0.15) is 0 Å². The molecule has 0 aromatic carbocycles. The second-order valence-corrected chi connectivity index (χ2v) is 4.29. The first-order valence-electron chi connectivity index (χ1n) is 5.64. The zero-order chi connectivity index (χ0) is 10.7. The molecule has 0 amide bonds. The van der Waals surface area contributed by atoms with Gasteiger partial charge in [0.25, 0.3) is 0 Å². The molecule has 0 aromatic rings. The van der Waals surface area contributed by atoms with E-state index in [2.05, 4.69) is 10.1 Å². The highest BCUT2D eigenvalue weighted by Gasteiger charge is 2.33. The van der Waals surface area contributed by atoms with Crippen LogP contribution >= 0.6 is 0 Å². The molecule has 2 atom stereocenters. The fourth-order valence-electron chi connectivity index (χ4n) is 2.56. The second kappa shape index (κ2) is 4.81. The molecule has 0 saturated carbocycles. The van der Waals surface area contributed by atoms with Crippen LogP contribution in [0, 0.1) is 0 Å². The quantitative estimate of drug-likeness (QED) is 0.301. The Bertz CT molecular complexity index is 239. The Morgan fingerprint density at radius 1 is 1.40 bits per heavy atom. The summed E-state index contributed by atoms with van der Waals surface area (Å²) >= 11 is 0. The van der Waals surface area contributed by atoms with E-state index < -0.39 is 0 Å². The Morgan fingerprint density at radius 2 is 2.27 bits per heavy atom. The molecule has 0 spiro atoms. The highest BCUT2D eigenvalue weighted by Crippen LogP contribution is 2.23. The standard InChI is InChI=1S/C10H19N3O2/c11-10(12-14)9-3-1-2-5-13(9)8-4-6-15-7-8/h8-9,14H,1-7H2,(H2,11,12). The normalized spacial score (nSPS) is 34.5. The Balaban J connectivity index is 2.04. The summed E-state index contributed by atoms with van der Waals surface area (Å²) in [5.41, 5.74) is 5.72. The van der Waals surface area contributed by atoms with Crippen molar-refractivity contribution in [3.05, 3.63) is 0 Å². The first kappa shape index (κ1) is 10.7. The number of nitrogens with zero attached hydrogens (tertiary/aromatic N) is 2. The van der Waals surface area contributed by atoms with E-state index in [1.54, 1.807) is 0 Å².